The van der Waals surface area contributed by atoms with Gasteiger partial charge in [-0.15, -0.1) is 11.3 Å². The number of benzene rings is 1. The number of fused-ring (bicyclic) bond motifs is 1. The van der Waals surface area contributed by atoms with Crippen molar-refractivity contribution in [1.29, 1.82) is 0 Å². The van der Waals surface area contributed by atoms with E-state index in [1.54, 1.807) is 28.6 Å². The van der Waals surface area contributed by atoms with Crippen LogP contribution >= 0.6 is 22.9 Å². The van der Waals surface area contributed by atoms with Crippen LogP contribution in [0.15, 0.2) is 42.7 Å². The van der Waals surface area contributed by atoms with E-state index in [9.17, 15) is 13.2 Å². The maximum atomic E-state index is 13.1. The van der Waals surface area contributed by atoms with Crippen molar-refractivity contribution in [2.45, 2.75) is 31.8 Å². The molecule has 1 aliphatic rings. The third-order valence-corrected chi connectivity index (χ3v) is 8.07. The van der Waals surface area contributed by atoms with Gasteiger partial charge in [0, 0.05) is 42.8 Å². The fourth-order valence-electron chi connectivity index (χ4n) is 3.54. The summed E-state index contributed by atoms with van der Waals surface area (Å²) in [6.45, 7) is 0.363. The third kappa shape index (κ3) is 4.94. The number of hydrogen-bond donors (Lipinski definition) is 0. The number of hydrogen-bond acceptors (Lipinski definition) is 6. The van der Waals surface area contributed by atoms with E-state index in [4.69, 9.17) is 11.6 Å². The van der Waals surface area contributed by atoms with Gasteiger partial charge in [0.25, 0.3) is 0 Å². The minimum atomic E-state index is -3.09. The largest absolute Gasteiger partial charge is 0.334 e. The SMILES string of the molecule is O=C(CCc1nc2cc(Cl)ccc2s1)N(Cc1cccnc1)C1CCS(=O)(=O)C1. The molecule has 3 aromatic rings. The third-order valence-electron chi connectivity index (χ3n) is 4.99. The van der Waals surface area contributed by atoms with Crippen molar-refractivity contribution in [3.05, 3.63) is 58.3 Å². The van der Waals surface area contributed by atoms with Gasteiger partial charge in [0.2, 0.25) is 5.91 Å². The molecule has 1 atom stereocenters. The van der Waals surface area contributed by atoms with Crippen LogP contribution in [0.3, 0.4) is 0 Å². The highest BCUT2D eigenvalue weighted by atomic mass is 35.5. The maximum absolute atomic E-state index is 13.1. The summed E-state index contributed by atoms with van der Waals surface area (Å²) in [5.41, 5.74) is 1.72. The number of aromatic nitrogens is 2. The Kier molecular flexibility index (Phi) is 5.85. The Hall–Kier alpha value is -2.03. The maximum Gasteiger partial charge on any atom is 0.223 e. The van der Waals surface area contributed by atoms with Crippen LogP contribution in [0.5, 0.6) is 0 Å². The van der Waals surface area contributed by atoms with E-state index >= 15 is 0 Å². The summed E-state index contributed by atoms with van der Waals surface area (Å²) in [6.07, 6.45) is 4.66. The first-order chi connectivity index (χ1) is 13.9. The Morgan fingerprint density at radius 1 is 1.31 bits per heavy atom. The molecule has 0 radical (unpaired) electrons. The average molecular weight is 450 g/mol. The Balaban J connectivity index is 1.49. The molecule has 1 fully saturated rings. The van der Waals surface area contributed by atoms with E-state index in [1.807, 2.05) is 30.3 Å². The number of carbonyl (C=O) groups excluding carboxylic acids is 1. The molecule has 9 heteroatoms. The molecule has 1 amide bonds. The summed E-state index contributed by atoms with van der Waals surface area (Å²) in [5.74, 6) is 0.0967. The highest BCUT2D eigenvalue weighted by Gasteiger charge is 2.34. The van der Waals surface area contributed by atoms with Gasteiger partial charge in [0.15, 0.2) is 9.84 Å². The van der Waals surface area contributed by atoms with Crippen molar-refractivity contribution < 1.29 is 13.2 Å². The van der Waals surface area contributed by atoms with E-state index in [0.29, 0.717) is 24.4 Å². The molecular weight excluding hydrogens is 430 g/mol. The number of halogens is 1. The number of aryl methyl sites for hydroxylation is 1. The topological polar surface area (TPSA) is 80.2 Å². The van der Waals surface area contributed by atoms with Crippen LogP contribution in [0, 0.1) is 0 Å². The van der Waals surface area contributed by atoms with Crippen molar-refractivity contribution >= 4 is 48.9 Å². The standard InChI is InChI=1S/C20H20ClN3O3S2/c21-15-3-4-18-17(10-15)23-19(28-18)5-6-20(25)24(12-14-2-1-8-22-11-14)16-7-9-29(26,27)13-16/h1-4,8,10-11,16H,5-7,9,12-13H2. The number of pyridine rings is 1. The van der Waals surface area contributed by atoms with Gasteiger partial charge >= 0.3 is 0 Å². The molecule has 0 saturated carbocycles. The Labute approximate surface area is 178 Å². The van der Waals surface area contributed by atoms with Gasteiger partial charge < -0.3 is 4.90 Å². The van der Waals surface area contributed by atoms with E-state index < -0.39 is 9.84 Å². The van der Waals surface area contributed by atoms with Crippen LogP contribution < -0.4 is 0 Å². The van der Waals surface area contributed by atoms with Crippen molar-refractivity contribution in [3.8, 4) is 0 Å². The van der Waals surface area contributed by atoms with E-state index in [1.165, 1.54) is 0 Å². The fourth-order valence-corrected chi connectivity index (χ4v) is 6.39. The van der Waals surface area contributed by atoms with Gasteiger partial charge in [0.1, 0.15) is 0 Å². The summed E-state index contributed by atoms with van der Waals surface area (Å²) < 4.78 is 24.9. The molecule has 3 heterocycles. The molecule has 0 bridgehead atoms. The van der Waals surface area contributed by atoms with Crippen molar-refractivity contribution in [2.75, 3.05) is 11.5 Å². The minimum absolute atomic E-state index is 0.0264. The molecule has 0 N–H and O–H groups in total. The number of carbonyl (C=O) groups is 1. The van der Waals surface area contributed by atoms with Crippen LogP contribution in [0.1, 0.15) is 23.4 Å². The summed E-state index contributed by atoms with van der Waals surface area (Å²) in [7, 11) is -3.09. The summed E-state index contributed by atoms with van der Waals surface area (Å²) in [6, 6.07) is 8.99. The smallest absolute Gasteiger partial charge is 0.223 e. The lowest BCUT2D eigenvalue weighted by Gasteiger charge is -2.28. The molecule has 1 unspecified atom stereocenters. The van der Waals surface area contributed by atoms with Crippen LogP contribution in [0.25, 0.3) is 10.2 Å². The van der Waals surface area contributed by atoms with Gasteiger partial charge in [-0.1, -0.05) is 17.7 Å². The summed E-state index contributed by atoms with van der Waals surface area (Å²) in [5, 5.41) is 1.51. The van der Waals surface area contributed by atoms with Crippen LogP contribution in [0.2, 0.25) is 5.02 Å². The predicted molar refractivity (Wildman–Crippen MR) is 115 cm³/mol. The van der Waals surface area contributed by atoms with E-state index in [2.05, 4.69) is 9.97 Å². The molecule has 1 aliphatic heterocycles. The quantitative estimate of drug-likeness (QED) is 0.575. The second-order valence-electron chi connectivity index (χ2n) is 7.16. The van der Waals surface area contributed by atoms with Gasteiger partial charge in [-0.05, 0) is 36.2 Å². The average Bonchev–Trinajstić information content (AvgIpc) is 3.26. The minimum Gasteiger partial charge on any atom is -0.334 e. The van der Waals surface area contributed by atoms with Crippen molar-refractivity contribution in [2.24, 2.45) is 0 Å². The second kappa shape index (κ2) is 8.38. The van der Waals surface area contributed by atoms with Crippen molar-refractivity contribution in [1.82, 2.24) is 14.9 Å². The molecule has 1 saturated heterocycles. The normalized spacial score (nSPS) is 18.2. The zero-order valence-electron chi connectivity index (χ0n) is 15.6. The molecule has 4 rings (SSSR count). The van der Waals surface area contributed by atoms with E-state index in [-0.39, 0.29) is 29.9 Å². The monoisotopic (exact) mass is 449 g/mol. The molecule has 152 valence electrons. The molecule has 29 heavy (non-hydrogen) atoms. The van der Waals surface area contributed by atoms with Gasteiger partial charge in [-0.3, -0.25) is 9.78 Å². The number of nitrogens with zero attached hydrogens (tertiary/aromatic N) is 3. The molecule has 6 nitrogen and oxygen atoms in total. The van der Waals surface area contributed by atoms with Gasteiger partial charge in [-0.25, -0.2) is 13.4 Å². The Morgan fingerprint density at radius 2 is 2.17 bits per heavy atom. The lowest BCUT2D eigenvalue weighted by Crippen LogP contribution is -2.40. The van der Waals surface area contributed by atoms with E-state index in [0.717, 1.165) is 20.8 Å². The van der Waals surface area contributed by atoms with Crippen LogP contribution in [0.4, 0.5) is 0 Å². The number of thiazole rings is 1. The van der Waals surface area contributed by atoms with Crippen molar-refractivity contribution in [3.63, 3.8) is 0 Å². The highest BCUT2D eigenvalue weighted by molar-refractivity contribution is 7.91. The first-order valence-corrected chi connectivity index (χ1v) is 12.3. The number of sulfone groups is 1. The predicted octanol–water partition coefficient (Wildman–Crippen LogP) is 3.49. The van der Waals surface area contributed by atoms with Gasteiger partial charge in [-0.2, -0.15) is 0 Å². The molecule has 2 aromatic heterocycles. The van der Waals surface area contributed by atoms with Crippen LogP contribution in [-0.4, -0.2) is 46.7 Å². The first kappa shape index (κ1) is 20.3. The first-order valence-electron chi connectivity index (χ1n) is 9.33. The second-order valence-corrected chi connectivity index (χ2v) is 10.9. The zero-order chi connectivity index (χ0) is 20.4. The fraction of sp³-hybridized carbons (Fsp3) is 0.350. The molecule has 0 aliphatic carbocycles. The Bertz CT molecular complexity index is 1130. The molecule has 1 aromatic carbocycles. The summed E-state index contributed by atoms with van der Waals surface area (Å²) in [4.78, 5) is 23.4. The van der Waals surface area contributed by atoms with Crippen LogP contribution in [-0.2, 0) is 27.6 Å². The summed E-state index contributed by atoms with van der Waals surface area (Å²) >= 11 is 7.57. The van der Waals surface area contributed by atoms with Gasteiger partial charge in [0.05, 0.1) is 26.7 Å². The lowest BCUT2D eigenvalue weighted by molar-refractivity contribution is -0.133. The number of amides is 1. The highest BCUT2D eigenvalue weighted by Crippen LogP contribution is 2.26. The molecule has 0 spiro atoms. The zero-order valence-corrected chi connectivity index (χ0v) is 18.0. The Morgan fingerprint density at radius 3 is 2.90 bits per heavy atom. The number of rotatable bonds is 6. The molecular formula is C20H20ClN3O3S2. The lowest BCUT2D eigenvalue weighted by atomic mass is 10.1.